The van der Waals surface area contributed by atoms with E-state index in [9.17, 15) is 29.6 Å². The van der Waals surface area contributed by atoms with E-state index < -0.39 is 51.7 Å². The van der Waals surface area contributed by atoms with E-state index in [0.29, 0.717) is 16.7 Å². The normalized spacial score (nSPS) is 27.2. The van der Waals surface area contributed by atoms with Gasteiger partial charge in [-0.2, -0.15) is 0 Å². The van der Waals surface area contributed by atoms with Crippen LogP contribution < -0.4 is 4.90 Å². The van der Waals surface area contributed by atoms with Gasteiger partial charge < -0.3 is 5.11 Å². The summed E-state index contributed by atoms with van der Waals surface area (Å²) in [4.78, 5) is 70.5. The summed E-state index contributed by atoms with van der Waals surface area (Å²) >= 11 is 6.91. The lowest BCUT2D eigenvalue weighted by Gasteiger charge is -2.55. The molecule has 8 rings (SSSR count). The van der Waals surface area contributed by atoms with E-state index in [-0.39, 0.29) is 52.1 Å². The molecule has 1 N–H and O–H groups in total. The summed E-state index contributed by atoms with van der Waals surface area (Å²) in [6.45, 7) is 0. The molecule has 1 aliphatic heterocycles. The number of nitrogens with zero attached hydrogens (tertiary/aromatic N) is 2. The summed E-state index contributed by atoms with van der Waals surface area (Å²) < 4.78 is 0. The summed E-state index contributed by atoms with van der Waals surface area (Å²) in [5.41, 5.74) is 1.11. The van der Waals surface area contributed by atoms with Crippen LogP contribution >= 0.6 is 11.6 Å². The Kier molecular flexibility index (Phi) is 7.42. The minimum atomic E-state index is -1.46. The molecule has 0 bridgehead atoms. The van der Waals surface area contributed by atoms with Gasteiger partial charge in [0.2, 0.25) is 11.8 Å². The second kappa shape index (κ2) is 11.7. The maximum Gasteiger partial charge on any atom is 0.271 e. The van der Waals surface area contributed by atoms with Crippen molar-refractivity contribution in [3.05, 3.63) is 153 Å². The van der Waals surface area contributed by atoms with Crippen LogP contribution in [-0.4, -0.2) is 33.4 Å². The van der Waals surface area contributed by atoms with Gasteiger partial charge in [0.05, 0.1) is 27.9 Å². The van der Waals surface area contributed by atoms with Crippen LogP contribution in [0.5, 0.6) is 5.75 Å². The van der Waals surface area contributed by atoms with Crippen molar-refractivity contribution in [2.24, 2.45) is 23.7 Å². The molecule has 9 nitrogen and oxygen atoms in total. The van der Waals surface area contributed by atoms with Crippen molar-refractivity contribution in [3.63, 3.8) is 0 Å². The van der Waals surface area contributed by atoms with E-state index in [0.717, 1.165) is 10.5 Å². The van der Waals surface area contributed by atoms with Gasteiger partial charge in [0.1, 0.15) is 5.75 Å². The minimum Gasteiger partial charge on any atom is -0.508 e. The van der Waals surface area contributed by atoms with Crippen LogP contribution in [0, 0.1) is 33.8 Å². The van der Waals surface area contributed by atoms with Gasteiger partial charge in [0.25, 0.3) is 5.69 Å². The van der Waals surface area contributed by atoms with Crippen molar-refractivity contribution >= 4 is 51.9 Å². The van der Waals surface area contributed by atoms with Crippen molar-refractivity contribution in [1.29, 1.82) is 0 Å². The van der Waals surface area contributed by atoms with Crippen LogP contribution in [0.25, 0.3) is 5.57 Å². The molecule has 10 heteroatoms. The average molecular weight is 685 g/mol. The highest BCUT2D eigenvalue weighted by molar-refractivity contribution is 6.33. The number of hydrogen-bond donors (Lipinski definition) is 1. The van der Waals surface area contributed by atoms with Gasteiger partial charge in [-0.05, 0) is 59.7 Å². The Morgan fingerprint density at radius 2 is 1.56 bits per heavy atom. The molecule has 0 aromatic heterocycles. The van der Waals surface area contributed by atoms with Gasteiger partial charge in [-0.3, -0.25) is 29.3 Å². The zero-order valence-corrected chi connectivity index (χ0v) is 27.2. The number of anilines is 1. The second-order valence-corrected chi connectivity index (χ2v) is 13.7. The first kappa shape index (κ1) is 31.6. The highest BCUT2D eigenvalue weighted by Gasteiger charge is 2.66. The highest BCUT2D eigenvalue weighted by atomic mass is 35.5. The van der Waals surface area contributed by atoms with Gasteiger partial charge in [0, 0.05) is 34.6 Å². The second-order valence-electron chi connectivity index (χ2n) is 13.3. The number of amides is 2. The number of nitro groups is 1. The summed E-state index contributed by atoms with van der Waals surface area (Å²) in [7, 11) is 0. The first-order valence-electron chi connectivity index (χ1n) is 16.3. The molecule has 1 saturated carbocycles. The third kappa shape index (κ3) is 4.53. The molecule has 0 unspecified atom stereocenters. The first-order chi connectivity index (χ1) is 24.1. The first-order valence-corrected chi connectivity index (χ1v) is 16.7. The lowest BCUT2D eigenvalue weighted by atomic mass is 9.44. The molecule has 4 aromatic carbocycles. The number of allylic oxidation sites excluding steroid dienone is 4. The topological polar surface area (TPSA) is 135 Å². The number of hydrogen-bond acceptors (Lipinski definition) is 7. The number of Topliss-reactive ketones (excluding diaryl/α,β-unsaturated/α-hetero) is 1. The third-order valence-corrected chi connectivity index (χ3v) is 11.3. The van der Waals surface area contributed by atoms with E-state index in [1.165, 1.54) is 42.5 Å². The summed E-state index contributed by atoms with van der Waals surface area (Å²) in [5, 5.41) is 22.1. The molecule has 2 fully saturated rings. The maximum absolute atomic E-state index is 15.1. The number of halogens is 1. The number of nitro benzene ring substituents is 1. The molecule has 1 heterocycles. The standard InChI is InChI=1S/C40H29ClN2O7/c41-33-19-26(44)14-15-28(33)36-27-16-17-29-35(39(48)42(38(29)47)24-12-7-13-25(18-24)43(49)50)31(27)20-32-37(46)30(22-8-3-1-4-9-22)21-34(45)40(32,36)23-10-5-2-6-11-23/h1-16,18-19,21,29,31-32,35-36,44H,17,20H2/t29-,31+,32-,35-,36+,40-/m0/s1. The van der Waals surface area contributed by atoms with Crippen molar-refractivity contribution in [2.45, 2.75) is 24.2 Å². The number of phenolic OH excluding ortho intramolecular Hbond substituents is 1. The zero-order valence-electron chi connectivity index (χ0n) is 26.4. The van der Waals surface area contributed by atoms with Gasteiger partial charge >= 0.3 is 0 Å². The Balaban J connectivity index is 1.35. The smallest absolute Gasteiger partial charge is 0.271 e. The van der Waals surface area contributed by atoms with E-state index in [4.69, 9.17) is 11.6 Å². The lowest BCUT2D eigenvalue weighted by molar-refractivity contribution is -0.384. The number of carbonyl (C=O) groups is 4. The number of ketones is 2. The Labute approximate surface area is 291 Å². The van der Waals surface area contributed by atoms with E-state index in [2.05, 4.69) is 0 Å². The van der Waals surface area contributed by atoms with E-state index >= 15 is 4.79 Å². The number of benzene rings is 4. The molecule has 50 heavy (non-hydrogen) atoms. The lowest BCUT2D eigenvalue weighted by Crippen LogP contribution is -2.58. The molecule has 6 atom stereocenters. The number of non-ortho nitro benzene ring substituents is 1. The maximum atomic E-state index is 15.1. The predicted octanol–water partition coefficient (Wildman–Crippen LogP) is 6.98. The summed E-state index contributed by atoms with van der Waals surface area (Å²) in [6, 6.07) is 28.1. The SMILES string of the molecule is O=C1C(c2ccccc2)=CC(=O)[C@@]2(c3ccccc3)[C@@H](c3ccc(O)cc3Cl)C3=CC[C@@H]4C(=O)N(c5cccc([N+](=O)[O-])c5)C(=O)[C@@H]4[C@@H]3C[C@@H]12. The molecular formula is C40H29ClN2O7. The quantitative estimate of drug-likeness (QED) is 0.104. The number of carbonyl (C=O) groups excluding carboxylic acids is 4. The van der Waals surface area contributed by atoms with Crippen molar-refractivity contribution in [3.8, 4) is 5.75 Å². The highest BCUT2D eigenvalue weighted by Crippen LogP contribution is 2.64. The largest absolute Gasteiger partial charge is 0.508 e. The third-order valence-electron chi connectivity index (χ3n) is 11.0. The van der Waals surface area contributed by atoms with Crippen LogP contribution in [-0.2, 0) is 24.6 Å². The van der Waals surface area contributed by atoms with Crippen LogP contribution in [0.15, 0.2) is 121 Å². The number of aromatic hydroxyl groups is 1. The summed E-state index contributed by atoms with van der Waals surface area (Å²) in [6.07, 6.45) is 3.63. The monoisotopic (exact) mass is 684 g/mol. The molecule has 4 aromatic rings. The van der Waals surface area contributed by atoms with E-state index in [1.54, 1.807) is 30.3 Å². The molecule has 3 aliphatic carbocycles. The molecule has 0 spiro atoms. The Bertz CT molecular complexity index is 2200. The van der Waals surface area contributed by atoms with Crippen LogP contribution in [0.2, 0.25) is 5.02 Å². The number of rotatable bonds is 5. The predicted molar refractivity (Wildman–Crippen MR) is 185 cm³/mol. The fourth-order valence-corrected chi connectivity index (χ4v) is 9.25. The average Bonchev–Trinajstić information content (AvgIpc) is 3.38. The fraction of sp³-hybridized carbons (Fsp3) is 0.200. The van der Waals surface area contributed by atoms with E-state index in [1.807, 2.05) is 42.5 Å². The van der Waals surface area contributed by atoms with Crippen LogP contribution in [0.4, 0.5) is 11.4 Å². The van der Waals surface area contributed by atoms with Gasteiger partial charge in [-0.25, -0.2) is 4.90 Å². The molecule has 1 saturated heterocycles. The molecule has 2 amide bonds. The van der Waals surface area contributed by atoms with Crippen molar-refractivity contribution in [2.75, 3.05) is 4.90 Å². The van der Waals surface area contributed by atoms with Crippen molar-refractivity contribution in [1.82, 2.24) is 0 Å². The van der Waals surface area contributed by atoms with Crippen LogP contribution in [0.1, 0.15) is 35.4 Å². The van der Waals surface area contributed by atoms with Crippen LogP contribution in [0.3, 0.4) is 0 Å². The van der Waals surface area contributed by atoms with Gasteiger partial charge in [-0.1, -0.05) is 96.0 Å². The van der Waals surface area contributed by atoms with Gasteiger partial charge in [0.15, 0.2) is 11.6 Å². The Morgan fingerprint density at radius 1 is 0.840 bits per heavy atom. The molecule has 248 valence electrons. The Morgan fingerprint density at radius 3 is 2.26 bits per heavy atom. The Hall–Kier alpha value is -5.67. The minimum absolute atomic E-state index is 0.0735. The summed E-state index contributed by atoms with van der Waals surface area (Å²) in [5.74, 6) is -5.67. The number of fused-ring (bicyclic) bond motifs is 4. The molecular weight excluding hydrogens is 656 g/mol. The fourth-order valence-electron chi connectivity index (χ4n) is 8.97. The molecule has 0 radical (unpaired) electrons. The van der Waals surface area contributed by atoms with Gasteiger partial charge in [-0.15, -0.1) is 0 Å². The number of phenols is 1. The zero-order chi connectivity index (χ0) is 34.9. The molecule has 4 aliphatic rings. The number of imide groups is 1. The van der Waals surface area contributed by atoms with Crippen molar-refractivity contribution < 1.29 is 29.2 Å².